The van der Waals surface area contributed by atoms with Crippen molar-refractivity contribution in [3.8, 4) is 66.8 Å². The fourth-order valence-corrected chi connectivity index (χ4v) is 12.2. The van der Waals surface area contributed by atoms with Gasteiger partial charge in [-0.15, -0.1) is 11.3 Å². The Morgan fingerprint density at radius 3 is 1.51 bits per heavy atom. The van der Waals surface area contributed by atoms with Crippen molar-refractivity contribution >= 4 is 59.3 Å². The van der Waals surface area contributed by atoms with Gasteiger partial charge in [-0.2, -0.15) is 0 Å². The van der Waals surface area contributed by atoms with E-state index in [2.05, 4.69) is 267 Å². The van der Waals surface area contributed by atoms with Gasteiger partial charge in [-0.05, 0) is 143 Å². The Morgan fingerprint density at radius 2 is 0.783 bits per heavy atom. The van der Waals surface area contributed by atoms with Crippen LogP contribution in [0.15, 0.2) is 249 Å². The number of anilines is 3. The summed E-state index contributed by atoms with van der Waals surface area (Å²) in [6.07, 6.45) is 0. The largest absolute Gasteiger partial charge is 0.311 e. The van der Waals surface area contributed by atoms with Gasteiger partial charge in [-0.25, -0.2) is 0 Å². The van der Waals surface area contributed by atoms with E-state index >= 15 is 0 Å². The average Bonchev–Trinajstić information content (AvgIpc) is 3.91. The first kappa shape index (κ1) is 40.9. The summed E-state index contributed by atoms with van der Waals surface area (Å²) in [6.45, 7) is 4.73. The van der Waals surface area contributed by atoms with Crippen molar-refractivity contribution in [3.05, 3.63) is 260 Å². The lowest BCUT2D eigenvalue weighted by Gasteiger charge is -2.27. The van der Waals surface area contributed by atoms with Crippen LogP contribution in [0.5, 0.6) is 0 Å². The molecule has 12 aromatic rings. The molecule has 2 heteroatoms. The molecule has 69 heavy (non-hydrogen) atoms. The monoisotopic (exact) mass is 897 g/mol. The zero-order valence-electron chi connectivity index (χ0n) is 38.5. The molecule has 0 radical (unpaired) electrons. The number of fused-ring (bicyclic) bond motifs is 7. The maximum Gasteiger partial charge on any atom is 0.0462 e. The summed E-state index contributed by atoms with van der Waals surface area (Å²) >= 11 is 1.88. The van der Waals surface area contributed by atoms with E-state index < -0.39 is 0 Å². The molecule has 0 saturated heterocycles. The van der Waals surface area contributed by atoms with E-state index in [1.165, 1.54) is 109 Å². The fraction of sp³-hybridized carbons (Fsp3) is 0.0448. The van der Waals surface area contributed by atoms with Crippen LogP contribution in [0.4, 0.5) is 17.1 Å². The first-order valence-electron chi connectivity index (χ1n) is 23.9. The van der Waals surface area contributed by atoms with Crippen molar-refractivity contribution in [3.63, 3.8) is 0 Å². The third kappa shape index (κ3) is 7.07. The fourth-order valence-electron chi connectivity index (χ4n) is 11.0. The predicted molar refractivity (Wildman–Crippen MR) is 296 cm³/mol. The Morgan fingerprint density at radius 1 is 0.319 bits per heavy atom. The van der Waals surface area contributed by atoms with E-state index in [9.17, 15) is 0 Å². The molecule has 11 aromatic carbocycles. The molecule has 0 aliphatic heterocycles. The lowest BCUT2D eigenvalue weighted by molar-refractivity contribution is 0.662. The highest BCUT2D eigenvalue weighted by molar-refractivity contribution is 7.26. The van der Waals surface area contributed by atoms with Crippen LogP contribution in [-0.2, 0) is 5.41 Å². The van der Waals surface area contributed by atoms with E-state index in [-0.39, 0.29) is 5.41 Å². The van der Waals surface area contributed by atoms with Gasteiger partial charge in [0, 0.05) is 42.6 Å². The van der Waals surface area contributed by atoms with Gasteiger partial charge in [0.2, 0.25) is 0 Å². The van der Waals surface area contributed by atoms with Gasteiger partial charge in [-0.3, -0.25) is 0 Å². The standard InChI is InChI=1S/C67H47NS/c1-67(2)63-22-7-5-16-59(63)61-20-10-18-57(65(61)67)48-32-38-55(39-33-48)68(56-40-34-49(35-41-56)58-19-11-21-62-60-17-6-8-23-64(60)69-66(58)62)54-36-30-46(31-37-54)45-24-26-47(27-25-45)51-14-9-15-52(42-51)53-29-28-44-12-3-4-13-50(44)43-53/h3-43H,1-2H3. The van der Waals surface area contributed by atoms with Crippen LogP contribution in [0.3, 0.4) is 0 Å². The summed E-state index contributed by atoms with van der Waals surface area (Å²) in [5, 5.41) is 5.15. The molecule has 0 atom stereocenters. The Kier molecular flexibility index (Phi) is 9.78. The number of benzene rings is 11. The molecular weight excluding hydrogens is 851 g/mol. The topological polar surface area (TPSA) is 3.24 Å². The van der Waals surface area contributed by atoms with Crippen LogP contribution >= 0.6 is 11.3 Å². The molecule has 1 aromatic heterocycles. The zero-order valence-corrected chi connectivity index (χ0v) is 39.3. The number of nitrogens with zero attached hydrogens (tertiary/aromatic N) is 1. The van der Waals surface area contributed by atoms with E-state index in [4.69, 9.17) is 0 Å². The first-order chi connectivity index (χ1) is 33.9. The van der Waals surface area contributed by atoms with Gasteiger partial charge < -0.3 is 4.90 Å². The average molecular weight is 898 g/mol. The summed E-state index contributed by atoms with van der Waals surface area (Å²) in [6, 6.07) is 91.7. The number of hydrogen-bond acceptors (Lipinski definition) is 2. The van der Waals surface area contributed by atoms with E-state index in [0.29, 0.717) is 0 Å². The second-order valence-electron chi connectivity index (χ2n) is 18.9. The van der Waals surface area contributed by atoms with Gasteiger partial charge in [0.05, 0.1) is 0 Å². The van der Waals surface area contributed by atoms with Gasteiger partial charge in [0.25, 0.3) is 0 Å². The minimum Gasteiger partial charge on any atom is -0.311 e. The minimum atomic E-state index is -0.0965. The van der Waals surface area contributed by atoms with Crippen molar-refractivity contribution in [1.29, 1.82) is 0 Å². The minimum absolute atomic E-state index is 0.0965. The van der Waals surface area contributed by atoms with E-state index in [1.807, 2.05) is 11.3 Å². The van der Waals surface area contributed by atoms with Gasteiger partial charge in [0.15, 0.2) is 0 Å². The van der Waals surface area contributed by atoms with Gasteiger partial charge >= 0.3 is 0 Å². The Hall–Kier alpha value is -8.30. The third-order valence-corrected chi connectivity index (χ3v) is 15.7. The first-order valence-corrected chi connectivity index (χ1v) is 24.7. The van der Waals surface area contributed by atoms with Crippen LogP contribution in [0.2, 0.25) is 0 Å². The Bertz CT molecular complexity index is 3890. The molecule has 0 spiro atoms. The van der Waals surface area contributed by atoms with Crippen molar-refractivity contribution in [2.45, 2.75) is 19.3 Å². The van der Waals surface area contributed by atoms with Crippen LogP contribution in [0.1, 0.15) is 25.0 Å². The molecule has 326 valence electrons. The van der Waals surface area contributed by atoms with Gasteiger partial charge in [0.1, 0.15) is 0 Å². The highest BCUT2D eigenvalue weighted by Crippen LogP contribution is 2.52. The van der Waals surface area contributed by atoms with Crippen LogP contribution in [0, 0.1) is 0 Å². The molecular formula is C67H47NS. The lowest BCUT2D eigenvalue weighted by Crippen LogP contribution is -2.16. The van der Waals surface area contributed by atoms with Crippen molar-refractivity contribution < 1.29 is 0 Å². The van der Waals surface area contributed by atoms with E-state index in [1.54, 1.807) is 0 Å². The van der Waals surface area contributed by atoms with Crippen LogP contribution in [-0.4, -0.2) is 0 Å². The van der Waals surface area contributed by atoms with Crippen molar-refractivity contribution in [1.82, 2.24) is 0 Å². The molecule has 0 amide bonds. The number of thiophene rings is 1. The Balaban J connectivity index is 0.837. The Labute approximate surface area is 407 Å². The SMILES string of the molecule is CC1(C)c2ccccc2-c2cccc(-c3ccc(N(c4ccc(-c5ccc(-c6cccc(-c7ccc8ccccc8c7)c6)cc5)cc4)c4ccc(-c5cccc6c5sc5ccccc56)cc4)cc3)c21. The summed E-state index contributed by atoms with van der Waals surface area (Å²) in [5.41, 5.74) is 20.9. The van der Waals surface area contributed by atoms with Crippen LogP contribution in [0.25, 0.3) is 97.7 Å². The normalized spacial score (nSPS) is 12.6. The molecule has 13 rings (SSSR count). The maximum atomic E-state index is 2.39. The molecule has 0 fully saturated rings. The van der Waals surface area contributed by atoms with Gasteiger partial charge in [-0.1, -0.05) is 208 Å². The molecule has 0 bridgehead atoms. The molecule has 0 saturated carbocycles. The smallest absolute Gasteiger partial charge is 0.0462 e. The third-order valence-electron chi connectivity index (χ3n) is 14.5. The molecule has 1 aliphatic rings. The second kappa shape index (κ2) is 16.5. The molecule has 0 unspecified atom stereocenters. The van der Waals surface area contributed by atoms with E-state index in [0.717, 1.165) is 17.1 Å². The molecule has 1 heterocycles. The maximum absolute atomic E-state index is 2.39. The van der Waals surface area contributed by atoms with Crippen molar-refractivity contribution in [2.24, 2.45) is 0 Å². The summed E-state index contributed by atoms with van der Waals surface area (Å²) in [4.78, 5) is 2.39. The zero-order chi connectivity index (χ0) is 46.1. The summed E-state index contributed by atoms with van der Waals surface area (Å²) in [7, 11) is 0. The predicted octanol–water partition coefficient (Wildman–Crippen LogP) is 19.3. The molecule has 0 N–H and O–H groups in total. The molecule has 1 aliphatic carbocycles. The lowest BCUT2D eigenvalue weighted by atomic mass is 9.79. The summed E-state index contributed by atoms with van der Waals surface area (Å²) in [5.74, 6) is 0. The quantitative estimate of drug-likeness (QED) is 0.147. The number of hydrogen-bond donors (Lipinski definition) is 0. The van der Waals surface area contributed by atoms with Crippen LogP contribution < -0.4 is 4.90 Å². The summed E-state index contributed by atoms with van der Waals surface area (Å²) < 4.78 is 2.65. The number of rotatable bonds is 8. The molecule has 1 nitrogen and oxygen atoms in total. The highest BCUT2D eigenvalue weighted by atomic mass is 32.1. The highest BCUT2D eigenvalue weighted by Gasteiger charge is 2.37. The second-order valence-corrected chi connectivity index (χ2v) is 19.9. The van der Waals surface area contributed by atoms with Crippen molar-refractivity contribution in [2.75, 3.05) is 4.90 Å².